The Morgan fingerprint density at radius 2 is 2.21 bits per heavy atom. The SMILES string of the molecule is CCCn1ccc(C(=O)NCc2cnc([C@@H]3CCCCO3)nc2)n1. The molecule has 3 rings (SSSR count). The lowest BCUT2D eigenvalue weighted by Gasteiger charge is -2.21. The molecule has 1 amide bonds. The van der Waals surface area contributed by atoms with Crippen LogP contribution in [-0.4, -0.2) is 32.3 Å². The molecule has 2 aromatic heterocycles. The number of carbonyl (C=O) groups is 1. The van der Waals surface area contributed by atoms with Crippen molar-refractivity contribution in [1.82, 2.24) is 25.1 Å². The van der Waals surface area contributed by atoms with Gasteiger partial charge in [0.15, 0.2) is 5.82 Å². The van der Waals surface area contributed by atoms with Crippen LogP contribution in [-0.2, 0) is 17.8 Å². The summed E-state index contributed by atoms with van der Waals surface area (Å²) in [5.41, 5.74) is 1.28. The van der Waals surface area contributed by atoms with Crippen LogP contribution in [0.3, 0.4) is 0 Å². The van der Waals surface area contributed by atoms with E-state index in [9.17, 15) is 4.79 Å². The molecule has 0 unspecified atom stereocenters. The molecular formula is C17H23N5O2. The third kappa shape index (κ3) is 4.17. The predicted molar refractivity (Wildman–Crippen MR) is 88.3 cm³/mol. The molecule has 1 aliphatic heterocycles. The fourth-order valence-electron chi connectivity index (χ4n) is 2.68. The van der Waals surface area contributed by atoms with E-state index in [1.165, 1.54) is 0 Å². The molecule has 7 heteroatoms. The molecule has 1 fully saturated rings. The lowest BCUT2D eigenvalue weighted by Crippen LogP contribution is -2.24. The van der Waals surface area contributed by atoms with E-state index < -0.39 is 0 Å². The Morgan fingerprint density at radius 3 is 2.92 bits per heavy atom. The van der Waals surface area contributed by atoms with Crippen LogP contribution < -0.4 is 5.32 Å². The van der Waals surface area contributed by atoms with Crippen molar-refractivity contribution in [1.29, 1.82) is 0 Å². The fraction of sp³-hybridized carbons (Fsp3) is 0.529. The Hall–Kier alpha value is -2.28. The largest absolute Gasteiger partial charge is 0.370 e. The van der Waals surface area contributed by atoms with E-state index in [4.69, 9.17) is 4.74 Å². The van der Waals surface area contributed by atoms with Crippen molar-refractivity contribution in [2.75, 3.05) is 6.61 Å². The van der Waals surface area contributed by atoms with Gasteiger partial charge < -0.3 is 10.1 Å². The Balaban J connectivity index is 1.53. The number of amides is 1. The first-order valence-electron chi connectivity index (χ1n) is 8.50. The van der Waals surface area contributed by atoms with Crippen molar-refractivity contribution in [2.45, 2.75) is 51.8 Å². The highest BCUT2D eigenvalue weighted by molar-refractivity contribution is 5.92. The first kappa shape index (κ1) is 16.6. The smallest absolute Gasteiger partial charge is 0.272 e. The Kier molecular flexibility index (Phi) is 5.53. The van der Waals surface area contributed by atoms with Gasteiger partial charge in [0.25, 0.3) is 5.91 Å². The summed E-state index contributed by atoms with van der Waals surface area (Å²) in [6.07, 6.45) is 9.52. The van der Waals surface area contributed by atoms with Crippen LogP contribution in [0.15, 0.2) is 24.7 Å². The summed E-state index contributed by atoms with van der Waals surface area (Å²) in [5.74, 6) is 0.535. The molecule has 128 valence electrons. The maximum absolute atomic E-state index is 12.1. The topological polar surface area (TPSA) is 81.9 Å². The summed E-state index contributed by atoms with van der Waals surface area (Å²) in [6, 6.07) is 1.73. The minimum atomic E-state index is -0.190. The van der Waals surface area contributed by atoms with Crippen LogP contribution in [0, 0.1) is 0 Å². The highest BCUT2D eigenvalue weighted by Gasteiger charge is 2.18. The minimum absolute atomic E-state index is 0.00456. The van der Waals surface area contributed by atoms with E-state index in [0.717, 1.165) is 50.2 Å². The van der Waals surface area contributed by atoms with E-state index in [0.29, 0.717) is 12.2 Å². The molecule has 0 bridgehead atoms. The fourth-order valence-corrected chi connectivity index (χ4v) is 2.68. The first-order chi connectivity index (χ1) is 11.8. The summed E-state index contributed by atoms with van der Waals surface area (Å²) >= 11 is 0. The Bertz CT molecular complexity index is 662. The third-order valence-corrected chi connectivity index (χ3v) is 3.97. The van der Waals surface area contributed by atoms with Crippen LogP contribution in [0.25, 0.3) is 0 Å². The van der Waals surface area contributed by atoms with Crippen LogP contribution >= 0.6 is 0 Å². The van der Waals surface area contributed by atoms with Gasteiger partial charge in [0, 0.05) is 43.9 Å². The second kappa shape index (κ2) is 8.01. The molecule has 2 aromatic rings. The lowest BCUT2D eigenvalue weighted by molar-refractivity contribution is 0.00940. The number of hydrogen-bond acceptors (Lipinski definition) is 5. The number of aromatic nitrogens is 4. The zero-order valence-electron chi connectivity index (χ0n) is 13.9. The van der Waals surface area contributed by atoms with E-state index in [1.807, 2.05) is 6.20 Å². The van der Waals surface area contributed by atoms with Crippen LogP contribution in [0.4, 0.5) is 0 Å². The summed E-state index contributed by atoms with van der Waals surface area (Å²) in [5, 5.41) is 7.09. The molecule has 24 heavy (non-hydrogen) atoms. The molecule has 1 atom stereocenters. The van der Waals surface area contributed by atoms with E-state index >= 15 is 0 Å². The van der Waals surface area contributed by atoms with Crippen molar-refractivity contribution >= 4 is 5.91 Å². The third-order valence-electron chi connectivity index (χ3n) is 3.97. The van der Waals surface area contributed by atoms with Crippen molar-refractivity contribution in [3.05, 3.63) is 41.7 Å². The van der Waals surface area contributed by atoms with Gasteiger partial charge in [0.2, 0.25) is 0 Å². The highest BCUT2D eigenvalue weighted by Crippen LogP contribution is 2.24. The highest BCUT2D eigenvalue weighted by atomic mass is 16.5. The normalized spacial score (nSPS) is 17.6. The minimum Gasteiger partial charge on any atom is -0.370 e. The van der Waals surface area contributed by atoms with Crippen molar-refractivity contribution in [3.63, 3.8) is 0 Å². The second-order valence-corrected chi connectivity index (χ2v) is 5.95. The monoisotopic (exact) mass is 329 g/mol. The van der Waals surface area contributed by atoms with Gasteiger partial charge >= 0.3 is 0 Å². The quantitative estimate of drug-likeness (QED) is 0.879. The van der Waals surface area contributed by atoms with Gasteiger partial charge in [0.1, 0.15) is 11.8 Å². The standard InChI is InChI=1S/C17H23N5O2/c1-2-7-22-8-6-14(21-22)17(23)20-12-13-10-18-16(19-11-13)15-5-3-4-9-24-15/h6,8,10-11,15H,2-5,7,9,12H2,1H3,(H,20,23)/t15-/m0/s1. The number of aryl methyl sites for hydroxylation is 1. The number of nitrogens with one attached hydrogen (secondary N) is 1. The number of nitrogens with zero attached hydrogens (tertiary/aromatic N) is 4. The predicted octanol–water partition coefficient (Wildman–Crippen LogP) is 2.25. The molecule has 0 spiro atoms. The molecule has 1 N–H and O–H groups in total. The van der Waals surface area contributed by atoms with Gasteiger partial charge in [-0.15, -0.1) is 0 Å². The van der Waals surface area contributed by atoms with Gasteiger partial charge in [-0.1, -0.05) is 6.92 Å². The Labute approximate surface area is 141 Å². The van der Waals surface area contributed by atoms with Crippen LogP contribution in [0.1, 0.15) is 60.6 Å². The summed E-state index contributed by atoms with van der Waals surface area (Å²) < 4.78 is 7.45. The van der Waals surface area contributed by atoms with Gasteiger partial charge in [-0.25, -0.2) is 9.97 Å². The van der Waals surface area contributed by atoms with Crippen LogP contribution in [0.2, 0.25) is 0 Å². The number of carbonyl (C=O) groups excluding carboxylic acids is 1. The second-order valence-electron chi connectivity index (χ2n) is 5.95. The molecule has 1 aliphatic rings. The number of ether oxygens (including phenoxy) is 1. The van der Waals surface area contributed by atoms with E-state index in [-0.39, 0.29) is 12.0 Å². The molecule has 3 heterocycles. The molecule has 0 radical (unpaired) electrons. The number of hydrogen-bond donors (Lipinski definition) is 1. The average molecular weight is 329 g/mol. The van der Waals surface area contributed by atoms with E-state index in [1.54, 1.807) is 23.1 Å². The molecular weight excluding hydrogens is 306 g/mol. The number of rotatable bonds is 6. The van der Waals surface area contributed by atoms with Gasteiger partial charge in [-0.05, 0) is 31.7 Å². The van der Waals surface area contributed by atoms with Crippen molar-refractivity contribution < 1.29 is 9.53 Å². The molecule has 0 aromatic carbocycles. The summed E-state index contributed by atoms with van der Waals surface area (Å²) in [6.45, 7) is 4.04. The summed E-state index contributed by atoms with van der Waals surface area (Å²) in [7, 11) is 0. The van der Waals surface area contributed by atoms with Gasteiger partial charge in [-0.3, -0.25) is 9.48 Å². The molecule has 7 nitrogen and oxygen atoms in total. The zero-order chi connectivity index (χ0) is 16.8. The average Bonchev–Trinajstić information content (AvgIpc) is 3.10. The van der Waals surface area contributed by atoms with Gasteiger partial charge in [0.05, 0.1) is 0 Å². The van der Waals surface area contributed by atoms with Gasteiger partial charge in [-0.2, -0.15) is 5.10 Å². The molecule has 0 saturated carbocycles. The maximum Gasteiger partial charge on any atom is 0.272 e. The lowest BCUT2D eigenvalue weighted by atomic mass is 10.1. The van der Waals surface area contributed by atoms with E-state index in [2.05, 4.69) is 27.3 Å². The molecule has 0 aliphatic carbocycles. The van der Waals surface area contributed by atoms with Crippen molar-refractivity contribution in [2.24, 2.45) is 0 Å². The van der Waals surface area contributed by atoms with Crippen molar-refractivity contribution in [3.8, 4) is 0 Å². The van der Waals surface area contributed by atoms with Crippen LogP contribution in [0.5, 0.6) is 0 Å². The Morgan fingerprint density at radius 1 is 1.38 bits per heavy atom. The first-order valence-corrected chi connectivity index (χ1v) is 8.50. The maximum atomic E-state index is 12.1. The summed E-state index contributed by atoms with van der Waals surface area (Å²) in [4.78, 5) is 20.9. The zero-order valence-corrected chi connectivity index (χ0v) is 13.9. The molecule has 1 saturated heterocycles.